The van der Waals surface area contributed by atoms with E-state index in [-0.39, 0.29) is 32.5 Å². The molecule has 8 heteroatoms. The van der Waals surface area contributed by atoms with E-state index in [4.69, 9.17) is 0 Å². The Morgan fingerprint density at radius 3 is 1.49 bits per heavy atom. The molecular weight excluding hydrogens is 1020 g/mol. The summed E-state index contributed by atoms with van der Waals surface area (Å²) in [7, 11) is 8.53. The molecule has 9 aromatic rings. The molecule has 4 aromatic heterocycles. The van der Waals surface area contributed by atoms with Gasteiger partial charge in [-0.2, -0.15) is 4.68 Å². The van der Waals surface area contributed by atoms with Crippen LogP contribution < -0.4 is 18.7 Å². The van der Waals surface area contributed by atoms with Gasteiger partial charge in [0.1, 0.15) is 17.1 Å². The lowest BCUT2D eigenvalue weighted by molar-refractivity contribution is -0.745. The van der Waals surface area contributed by atoms with Crippen molar-refractivity contribution >= 4 is 0 Å². The average molecular weight is 1130 g/mol. The van der Waals surface area contributed by atoms with Crippen LogP contribution in [-0.4, -0.2) is 18.7 Å². The van der Waals surface area contributed by atoms with E-state index in [1.807, 2.05) is 0 Å². The summed E-state index contributed by atoms with van der Waals surface area (Å²) in [5, 5.41) is 0. The summed E-state index contributed by atoms with van der Waals surface area (Å²) in [5.74, 6) is 1.00. The molecule has 0 amide bonds. The van der Waals surface area contributed by atoms with Gasteiger partial charge in [-0.25, -0.2) is 0 Å². The fraction of sp³-hybridized carbons (Fsp3) is 0.447. The molecule has 8 nitrogen and oxygen atoms in total. The first-order valence-electron chi connectivity index (χ1n) is 30.9. The molecule has 84 heavy (non-hydrogen) atoms. The number of rotatable bonds is 4. The van der Waals surface area contributed by atoms with Crippen LogP contribution in [0.25, 0.3) is 33.9 Å². The highest BCUT2D eigenvalue weighted by atomic mass is 15.4. The van der Waals surface area contributed by atoms with Gasteiger partial charge < -0.3 is 0 Å². The van der Waals surface area contributed by atoms with Gasteiger partial charge in [0, 0.05) is 55.9 Å². The number of aromatic nitrogens is 8. The number of hydrogen-bond donors (Lipinski definition) is 0. The molecule has 0 saturated heterocycles. The van der Waals surface area contributed by atoms with E-state index in [2.05, 4.69) is 352 Å². The standard InChI is InChI=1S/C23H29N2.2C18H25N2.C17H23N2/c1-16(2)20-11-9-12-21(17(3)4)23(20)19-14-24(6)25(15-19)22-13-8-7-10-18(22)5;1-12-9-8-10-14-15(12)20-16(13(2)11-19(20)7)18(5,6)17(14,3)4;1-12-9-8-10-14-16(12)20-15(11-13(2)19(20)7)18(5,6)17(14,3)4;1-12-8-7-9-13-15(12)19-14(10-11-18(19)6)17(4,5)16(13,2)3/h7-17H,1-6H3;2*8-11H,1-7H3;7-11H,1-6H3/q4*+1. The van der Waals surface area contributed by atoms with Crippen molar-refractivity contribution in [2.45, 2.75) is 197 Å². The van der Waals surface area contributed by atoms with Gasteiger partial charge in [-0.1, -0.05) is 193 Å². The molecule has 0 aliphatic carbocycles. The van der Waals surface area contributed by atoms with E-state index in [0.717, 1.165) is 0 Å². The molecule has 0 spiro atoms. The Morgan fingerprint density at radius 2 is 0.929 bits per heavy atom. The van der Waals surface area contributed by atoms with E-state index < -0.39 is 0 Å². The zero-order valence-corrected chi connectivity index (χ0v) is 56.4. The highest BCUT2D eigenvalue weighted by Gasteiger charge is 2.55. The minimum absolute atomic E-state index is 0.0964. The monoisotopic (exact) mass is 1130 g/mol. The third kappa shape index (κ3) is 9.48. The minimum Gasteiger partial charge on any atom is -0.155 e. The van der Waals surface area contributed by atoms with Crippen LogP contribution in [0.15, 0.2) is 134 Å². The second kappa shape index (κ2) is 21.5. The van der Waals surface area contributed by atoms with Crippen LogP contribution in [0, 0.1) is 41.5 Å². The molecule has 7 heterocycles. The smallest absolute Gasteiger partial charge is 0.155 e. The Balaban J connectivity index is 0.000000135. The molecule has 0 unspecified atom stereocenters. The van der Waals surface area contributed by atoms with Crippen molar-refractivity contribution in [1.29, 1.82) is 0 Å². The molecule has 0 N–H and O–H groups in total. The lowest BCUT2D eigenvalue weighted by Gasteiger charge is -2.46. The molecule has 442 valence electrons. The molecule has 0 bridgehead atoms. The number of para-hydroxylation sites is 4. The lowest BCUT2D eigenvalue weighted by atomic mass is 9.59. The van der Waals surface area contributed by atoms with Crippen molar-refractivity contribution in [1.82, 2.24) is 18.7 Å². The first-order valence-corrected chi connectivity index (χ1v) is 30.9. The fourth-order valence-corrected chi connectivity index (χ4v) is 14.2. The number of hydrogen-bond acceptors (Lipinski definition) is 0. The van der Waals surface area contributed by atoms with Crippen molar-refractivity contribution in [3.63, 3.8) is 0 Å². The largest absolute Gasteiger partial charge is 0.242 e. The van der Waals surface area contributed by atoms with Gasteiger partial charge in [0.2, 0.25) is 17.6 Å². The Hall–Kier alpha value is -7.06. The van der Waals surface area contributed by atoms with Crippen molar-refractivity contribution in [2.24, 2.45) is 28.2 Å². The van der Waals surface area contributed by atoms with E-state index in [1.54, 1.807) is 0 Å². The van der Waals surface area contributed by atoms with E-state index in [1.165, 1.54) is 112 Å². The summed E-state index contributed by atoms with van der Waals surface area (Å²) in [6.07, 6.45) is 8.93. The third-order valence-electron chi connectivity index (χ3n) is 21.5. The van der Waals surface area contributed by atoms with Gasteiger partial charge in [-0.15, -0.1) is 28.1 Å². The highest BCUT2D eigenvalue weighted by Crippen LogP contribution is 2.53. The Bertz CT molecular complexity index is 3910. The fourth-order valence-electron chi connectivity index (χ4n) is 14.2. The van der Waals surface area contributed by atoms with Crippen LogP contribution in [-0.2, 0) is 60.7 Å². The summed E-state index contributed by atoms with van der Waals surface area (Å²) in [6.45, 7) is 50.7. The molecule has 5 aromatic carbocycles. The van der Waals surface area contributed by atoms with Crippen molar-refractivity contribution in [2.75, 3.05) is 0 Å². The van der Waals surface area contributed by atoms with Gasteiger partial charge >= 0.3 is 0 Å². The molecule has 0 radical (unpaired) electrons. The summed E-state index contributed by atoms with van der Waals surface area (Å²) >= 11 is 0. The maximum atomic E-state index is 2.41. The third-order valence-corrected chi connectivity index (χ3v) is 21.5. The van der Waals surface area contributed by atoms with Gasteiger partial charge in [0.25, 0.3) is 0 Å². The topological polar surface area (TPSA) is 35.2 Å². The van der Waals surface area contributed by atoms with Crippen LogP contribution in [0.2, 0.25) is 0 Å². The summed E-state index contributed by atoms with van der Waals surface area (Å²) in [5.41, 5.74) is 28.1. The molecule has 12 rings (SSSR count). The summed E-state index contributed by atoms with van der Waals surface area (Å²) < 4.78 is 18.3. The summed E-state index contributed by atoms with van der Waals surface area (Å²) in [4.78, 5) is 0. The predicted molar refractivity (Wildman–Crippen MR) is 348 cm³/mol. The minimum atomic E-state index is 0.0964. The number of fused-ring (bicyclic) bond motifs is 9. The molecule has 3 aliphatic heterocycles. The van der Waals surface area contributed by atoms with Crippen LogP contribution in [0.3, 0.4) is 0 Å². The van der Waals surface area contributed by atoms with Crippen LogP contribution in [0.5, 0.6) is 0 Å². The maximum Gasteiger partial charge on any atom is 0.242 e. The lowest BCUT2D eigenvalue weighted by Crippen LogP contribution is -2.58. The molecule has 0 fully saturated rings. The van der Waals surface area contributed by atoms with Crippen LogP contribution >= 0.6 is 0 Å². The van der Waals surface area contributed by atoms with Crippen molar-refractivity contribution < 1.29 is 18.7 Å². The zero-order valence-electron chi connectivity index (χ0n) is 56.4. The van der Waals surface area contributed by atoms with E-state index in [9.17, 15) is 0 Å². The normalized spacial score (nSPS) is 16.5. The van der Waals surface area contributed by atoms with Crippen molar-refractivity contribution in [3.05, 3.63) is 212 Å². The second-order valence-electron chi connectivity index (χ2n) is 28.8. The Labute approximate surface area is 506 Å². The highest BCUT2D eigenvalue weighted by molar-refractivity contribution is 5.71. The first kappa shape index (κ1) is 61.5. The SMILES string of the molecule is Cc1cccc2c1-[n+]1c(cc(C)n1C)C(C)(C)C2(C)C.Cc1cccc2c1-n1c(c(C)c[n+]1C)C(C)(C)C2(C)C.Cc1cccc2c1-n1c(cc[n+]1C)C(C)(C)C2(C)C.Cc1ccccc1-n1cc(-c2c(C(C)C)cccc2C(C)C)c[n+]1C. The molecule has 0 atom stereocenters. The predicted octanol–water partition coefficient (Wildman–Crippen LogP) is 15.7. The van der Waals surface area contributed by atoms with Gasteiger partial charge in [-0.05, 0) is 118 Å². The number of nitrogens with zero attached hydrogens (tertiary/aromatic N) is 8. The van der Waals surface area contributed by atoms with E-state index in [0.29, 0.717) is 11.8 Å². The van der Waals surface area contributed by atoms with Crippen molar-refractivity contribution in [3.8, 4) is 33.9 Å². The Morgan fingerprint density at radius 1 is 0.440 bits per heavy atom. The van der Waals surface area contributed by atoms with Gasteiger partial charge in [0.15, 0.2) is 33.5 Å². The number of aryl methyl sites for hydroxylation is 9. The molecular formula is C76H102N8+4. The average Bonchev–Trinajstić information content (AvgIpc) is 2.34. The summed E-state index contributed by atoms with van der Waals surface area (Å²) in [6, 6.07) is 40.0. The van der Waals surface area contributed by atoms with Crippen LogP contribution in [0.1, 0.15) is 201 Å². The van der Waals surface area contributed by atoms with Gasteiger partial charge in [0.05, 0.1) is 41.3 Å². The number of benzene rings is 5. The zero-order chi connectivity index (χ0) is 61.9. The van der Waals surface area contributed by atoms with Crippen LogP contribution in [0.4, 0.5) is 0 Å². The second-order valence-corrected chi connectivity index (χ2v) is 28.8. The maximum absolute atomic E-state index is 2.41. The Kier molecular flexibility index (Phi) is 15.7. The molecule has 3 aliphatic rings. The van der Waals surface area contributed by atoms with Gasteiger partial charge in [-0.3, -0.25) is 0 Å². The quantitative estimate of drug-likeness (QED) is 0.158. The van der Waals surface area contributed by atoms with E-state index >= 15 is 0 Å². The first-order chi connectivity index (χ1) is 39.1. The molecule has 0 saturated carbocycles.